The zero-order valence-electron chi connectivity index (χ0n) is 19.2. The highest BCUT2D eigenvalue weighted by atomic mass is 32.2. The molecule has 7 nitrogen and oxygen atoms in total. The van der Waals surface area contributed by atoms with E-state index in [0.29, 0.717) is 17.1 Å². The van der Waals surface area contributed by atoms with Gasteiger partial charge in [0.2, 0.25) is 5.91 Å². The number of hydrogen-bond donors (Lipinski definition) is 1. The smallest absolute Gasteiger partial charge is 0.295 e. The molecular weight excluding hydrogens is 434 g/mol. The number of rotatable bonds is 7. The molecule has 0 radical (unpaired) electrons. The molecule has 0 unspecified atom stereocenters. The Hall–Kier alpha value is -3.52. The van der Waals surface area contributed by atoms with E-state index < -0.39 is 0 Å². The number of aromatic nitrogens is 4. The molecule has 170 valence electrons. The fourth-order valence-electron chi connectivity index (χ4n) is 3.83. The van der Waals surface area contributed by atoms with Gasteiger partial charge in [-0.25, -0.2) is 9.67 Å². The van der Waals surface area contributed by atoms with Crippen molar-refractivity contribution in [3.05, 3.63) is 88.1 Å². The van der Waals surface area contributed by atoms with Crippen LogP contribution in [0.15, 0.2) is 70.9 Å². The first-order valence-corrected chi connectivity index (χ1v) is 11.7. The number of nitrogens with one attached hydrogen (secondary N) is 1. The van der Waals surface area contributed by atoms with E-state index >= 15 is 0 Å². The van der Waals surface area contributed by atoms with Crippen LogP contribution in [0.25, 0.3) is 11.4 Å². The number of thioether (sulfide) groups is 1. The fraction of sp³-hybridized carbons (Fsp3) is 0.240. The second kappa shape index (κ2) is 9.54. The van der Waals surface area contributed by atoms with Gasteiger partial charge in [0, 0.05) is 37.3 Å². The molecule has 8 heteroatoms. The monoisotopic (exact) mass is 461 g/mol. The van der Waals surface area contributed by atoms with E-state index in [1.165, 1.54) is 22.9 Å². The lowest BCUT2D eigenvalue weighted by Gasteiger charge is -2.09. The number of benzene rings is 2. The highest BCUT2D eigenvalue weighted by Crippen LogP contribution is 2.23. The van der Waals surface area contributed by atoms with Gasteiger partial charge in [-0.2, -0.15) is 0 Å². The predicted molar refractivity (Wildman–Crippen MR) is 133 cm³/mol. The van der Waals surface area contributed by atoms with E-state index in [0.717, 1.165) is 16.5 Å². The molecule has 0 aliphatic heterocycles. The van der Waals surface area contributed by atoms with Crippen LogP contribution in [0.5, 0.6) is 0 Å². The van der Waals surface area contributed by atoms with Crippen molar-refractivity contribution < 1.29 is 4.79 Å². The molecule has 2 aromatic carbocycles. The maximum atomic E-state index is 13.0. The van der Waals surface area contributed by atoms with Crippen molar-refractivity contribution in [2.45, 2.75) is 32.3 Å². The normalized spacial score (nSPS) is 11.0. The minimum atomic E-state index is -0.243. The van der Waals surface area contributed by atoms with Gasteiger partial charge in [0.05, 0.1) is 11.4 Å². The lowest BCUT2D eigenvalue weighted by atomic mass is 10.1. The van der Waals surface area contributed by atoms with Gasteiger partial charge >= 0.3 is 0 Å². The van der Waals surface area contributed by atoms with Crippen molar-refractivity contribution in [2.24, 2.45) is 7.05 Å². The van der Waals surface area contributed by atoms with Crippen LogP contribution in [0.1, 0.15) is 23.2 Å². The molecule has 0 saturated heterocycles. The second-order valence-electron chi connectivity index (χ2n) is 8.01. The minimum absolute atomic E-state index is 0.196. The second-order valence-corrected chi connectivity index (χ2v) is 9.07. The van der Waals surface area contributed by atoms with Crippen LogP contribution in [0.2, 0.25) is 0 Å². The van der Waals surface area contributed by atoms with Crippen LogP contribution in [-0.2, 0) is 11.8 Å². The Morgan fingerprint density at radius 1 is 1.03 bits per heavy atom. The first kappa shape index (κ1) is 22.7. The highest BCUT2D eigenvalue weighted by Gasteiger charge is 2.18. The van der Waals surface area contributed by atoms with Gasteiger partial charge in [-0.3, -0.25) is 18.8 Å². The molecule has 0 fully saturated rings. The molecule has 1 N–H and O–H groups in total. The zero-order chi connectivity index (χ0) is 23.5. The first-order chi connectivity index (χ1) is 15.8. The van der Waals surface area contributed by atoms with Gasteiger partial charge in [-0.05, 0) is 56.2 Å². The summed E-state index contributed by atoms with van der Waals surface area (Å²) in [5.41, 5.74) is 4.96. The molecule has 0 aliphatic rings. The van der Waals surface area contributed by atoms with Crippen LogP contribution in [-0.4, -0.2) is 30.6 Å². The molecule has 0 atom stereocenters. The van der Waals surface area contributed by atoms with Gasteiger partial charge in [0.1, 0.15) is 5.69 Å². The van der Waals surface area contributed by atoms with Gasteiger partial charge in [0.15, 0.2) is 5.16 Å². The predicted octanol–water partition coefficient (Wildman–Crippen LogP) is 4.41. The van der Waals surface area contributed by atoms with Crippen molar-refractivity contribution >= 4 is 23.4 Å². The van der Waals surface area contributed by atoms with Crippen molar-refractivity contribution in [3.8, 4) is 11.4 Å². The number of aryl methyl sites for hydroxylation is 2. The summed E-state index contributed by atoms with van der Waals surface area (Å²) < 4.78 is 5.34. The Morgan fingerprint density at radius 2 is 1.73 bits per heavy atom. The molecule has 0 spiro atoms. The molecule has 2 heterocycles. The van der Waals surface area contributed by atoms with E-state index in [4.69, 9.17) is 0 Å². The summed E-state index contributed by atoms with van der Waals surface area (Å²) in [6.45, 7) is 5.97. The number of amides is 1. The number of carbonyl (C=O) groups is 1. The molecular formula is C25H27N5O2S. The third-order valence-corrected chi connectivity index (χ3v) is 6.44. The summed E-state index contributed by atoms with van der Waals surface area (Å²) >= 11 is 1.52. The molecule has 0 bridgehead atoms. The molecule has 1 amide bonds. The average molecular weight is 462 g/mol. The summed E-state index contributed by atoms with van der Waals surface area (Å²) in [5, 5.41) is 3.65. The average Bonchev–Trinajstić information content (AvgIpc) is 3.32. The van der Waals surface area contributed by atoms with E-state index in [9.17, 15) is 9.59 Å². The fourth-order valence-corrected chi connectivity index (χ4v) is 4.74. The Kier molecular flexibility index (Phi) is 6.55. The third kappa shape index (κ3) is 4.80. The summed E-state index contributed by atoms with van der Waals surface area (Å²) in [6.07, 6.45) is 3.96. The number of carbonyl (C=O) groups excluding carboxylic acids is 1. The van der Waals surface area contributed by atoms with Crippen LogP contribution >= 0.6 is 11.8 Å². The van der Waals surface area contributed by atoms with Crippen LogP contribution in [0.4, 0.5) is 5.69 Å². The SMILES string of the molecule is Cc1cc(C)cc(-n2ccnc2SCCC(=O)Nc2c(C)n(C)n(-c3ccccc3)c2=O)c1. The molecule has 4 rings (SSSR count). The Balaban J connectivity index is 1.43. The van der Waals surface area contributed by atoms with E-state index in [2.05, 4.69) is 42.3 Å². The summed E-state index contributed by atoms with van der Waals surface area (Å²) in [6, 6.07) is 15.7. The van der Waals surface area contributed by atoms with E-state index in [1.54, 1.807) is 15.6 Å². The standard InChI is InChI=1S/C25H27N5O2S/c1-17-14-18(2)16-21(15-17)29-12-11-26-25(29)33-13-10-22(31)27-23-19(3)28(4)30(24(23)32)20-8-6-5-7-9-20/h5-9,11-12,14-16H,10,13H2,1-4H3,(H,27,31). The highest BCUT2D eigenvalue weighted by molar-refractivity contribution is 7.99. The van der Waals surface area contributed by atoms with Crippen molar-refractivity contribution in [2.75, 3.05) is 11.1 Å². The molecule has 0 saturated carbocycles. The molecule has 0 aliphatic carbocycles. The van der Waals surface area contributed by atoms with Crippen LogP contribution < -0.4 is 10.9 Å². The topological polar surface area (TPSA) is 73.8 Å². The number of para-hydroxylation sites is 1. The van der Waals surface area contributed by atoms with Gasteiger partial charge in [-0.15, -0.1) is 0 Å². The minimum Gasteiger partial charge on any atom is -0.320 e. The van der Waals surface area contributed by atoms with Gasteiger partial charge in [0.25, 0.3) is 5.56 Å². The quantitative estimate of drug-likeness (QED) is 0.414. The summed E-state index contributed by atoms with van der Waals surface area (Å²) in [7, 11) is 1.81. The van der Waals surface area contributed by atoms with Crippen molar-refractivity contribution in [3.63, 3.8) is 0 Å². The van der Waals surface area contributed by atoms with Crippen LogP contribution in [0.3, 0.4) is 0 Å². The number of imidazole rings is 1. The Labute approximate surface area is 197 Å². The summed E-state index contributed by atoms with van der Waals surface area (Å²) in [4.78, 5) is 30.1. The largest absolute Gasteiger partial charge is 0.320 e. The number of anilines is 1. The molecule has 2 aromatic heterocycles. The number of hydrogen-bond acceptors (Lipinski definition) is 4. The molecule has 4 aromatic rings. The Bertz CT molecular complexity index is 1330. The maximum absolute atomic E-state index is 13.0. The summed E-state index contributed by atoms with van der Waals surface area (Å²) in [5.74, 6) is 0.352. The molecule has 33 heavy (non-hydrogen) atoms. The Morgan fingerprint density at radius 3 is 2.42 bits per heavy atom. The van der Waals surface area contributed by atoms with Gasteiger partial charge in [-0.1, -0.05) is 36.0 Å². The number of nitrogens with zero attached hydrogens (tertiary/aromatic N) is 4. The van der Waals surface area contributed by atoms with Crippen LogP contribution in [0, 0.1) is 20.8 Å². The van der Waals surface area contributed by atoms with Crippen molar-refractivity contribution in [1.82, 2.24) is 18.9 Å². The zero-order valence-corrected chi connectivity index (χ0v) is 20.0. The van der Waals surface area contributed by atoms with Crippen molar-refractivity contribution in [1.29, 1.82) is 0 Å². The lowest BCUT2D eigenvalue weighted by molar-refractivity contribution is -0.115. The van der Waals surface area contributed by atoms with Gasteiger partial charge < -0.3 is 5.32 Å². The lowest BCUT2D eigenvalue weighted by Crippen LogP contribution is -2.23. The third-order valence-electron chi connectivity index (χ3n) is 5.47. The first-order valence-electron chi connectivity index (χ1n) is 10.7. The van der Waals surface area contributed by atoms with E-state index in [1.807, 2.05) is 55.1 Å². The van der Waals surface area contributed by atoms with E-state index in [-0.39, 0.29) is 17.9 Å². The maximum Gasteiger partial charge on any atom is 0.295 e.